The van der Waals surface area contributed by atoms with Crippen molar-refractivity contribution in [2.45, 2.75) is 0 Å². The minimum absolute atomic E-state index is 0.144. The van der Waals surface area contributed by atoms with Gasteiger partial charge in [-0.15, -0.1) is 11.3 Å². The molecule has 0 bridgehead atoms. The number of thiazole rings is 1. The molecule has 0 spiro atoms. The van der Waals surface area contributed by atoms with Crippen LogP contribution in [0, 0.1) is 6.20 Å². The molecule has 1 aromatic heterocycles. The average molecular weight is 203 g/mol. The molecule has 1 heterocycles. The van der Waals surface area contributed by atoms with E-state index in [1.54, 1.807) is 17.5 Å². The number of nitrogens with one attached hydrogen (secondary N) is 1. The highest BCUT2D eigenvalue weighted by Gasteiger charge is 2.05. The molecule has 0 aliphatic heterocycles. The Bertz CT molecular complexity index is 411. The van der Waals surface area contributed by atoms with Gasteiger partial charge in [-0.3, -0.25) is 10.1 Å². The second-order valence-electron chi connectivity index (χ2n) is 2.60. The Morgan fingerprint density at radius 2 is 2.14 bits per heavy atom. The molecule has 0 saturated carbocycles. The normalized spacial score (nSPS) is 9.71. The zero-order chi connectivity index (χ0) is 9.80. The van der Waals surface area contributed by atoms with E-state index in [1.165, 1.54) is 11.3 Å². The van der Waals surface area contributed by atoms with E-state index in [-0.39, 0.29) is 5.91 Å². The molecule has 4 heteroatoms. The highest BCUT2D eigenvalue weighted by atomic mass is 32.1. The highest BCUT2D eigenvalue weighted by molar-refractivity contribution is 7.13. The summed E-state index contributed by atoms with van der Waals surface area (Å²) in [4.78, 5) is 15.4. The zero-order valence-electron chi connectivity index (χ0n) is 7.23. The average Bonchev–Trinajstić information content (AvgIpc) is 2.72. The monoisotopic (exact) mass is 203 g/mol. The van der Waals surface area contributed by atoms with Gasteiger partial charge in [0.1, 0.15) is 6.20 Å². The number of rotatable bonds is 2. The van der Waals surface area contributed by atoms with Gasteiger partial charge in [-0.25, -0.2) is 4.98 Å². The quantitative estimate of drug-likeness (QED) is 0.813. The number of hydrogen-bond acceptors (Lipinski definition) is 3. The van der Waals surface area contributed by atoms with Crippen molar-refractivity contribution in [2.24, 2.45) is 0 Å². The van der Waals surface area contributed by atoms with Crippen molar-refractivity contribution >= 4 is 22.4 Å². The van der Waals surface area contributed by atoms with Gasteiger partial charge in [0, 0.05) is 10.9 Å². The molecule has 2 aromatic rings. The molecule has 0 unspecified atom stereocenters. The largest absolute Gasteiger partial charge is 0.298 e. The smallest absolute Gasteiger partial charge is 0.257 e. The topological polar surface area (TPSA) is 42.0 Å². The first-order valence-electron chi connectivity index (χ1n) is 4.04. The first-order valence-corrected chi connectivity index (χ1v) is 4.92. The van der Waals surface area contributed by atoms with Crippen LogP contribution >= 0.6 is 11.3 Å². The standard InChI is InChI=1S/C10H7N2OS/c13-9(8-4-2-1-3-5-8)12-10-11-6-7-14-10/h1-5,7H,(H,11,12,13). The number of aromatic nitrogens is 1. The SMILES string of the molecule is O=C(Nc1n[c]cs1)c1ccccc1. The van der Waals surface area contributed by atoms with E-state index in [4.69, 9.17) is 0 Å². The van der Waals surface area contributed by atoms with Crippen molar-refractivity contribution in [3.63, 3.8) is 0 Å². The van der Waals surface area contributed by atoms with Gasteiger partial charge in [-0.05, 0) is 12.1 Å². The summed E-state index contributed by atoms with van der Waals surface area (Å²) in [6.45, 7) is 0. The molecule has 1 N–H and O–H groups in total. The summed E-state index contributed by atoms with van der Waals surface area (Å²) in [5, 5.41) is 4.94. The lowest BCUT2D eigenvalue weighted by Crippen LogP contribution is -2.11. The van der Waals surface area contributed by atoms with Crippen molar-refractivity contribution in [1.82, 2.24) is 4.98 Å². The van der Waals surface area contributed by atoms with Crippen LogP contribution in [0.1, 0.15) is 10.4 Å². The number of carbonyl (C=O) groups excluding carboxylic acids is 1. The molecule has 0 saturated heterocycles. The summed E-state index contributed by atoms with van der Waals surface area (Å²) >= 11 is 1.35. The number of nitrogens with zero attached hydrogens (tertiary/aromatic N) is 1. The zero-order valence-corrected chi connectivity index (χ0v) is 8.04. The van der Waals surface area contributed by atoms with Crippen LogP contribution in [0.3, 0.4) is 0 Å². The van der Waals surface area contributed by atoms with E-state index < -0.39 is 0 Å². The fraction of sp³-hybridized carbons (Fsp3) is 0. The first kappa shape index (κ1) is 8.90. The Labute approximate surface area is 85.4 Å². The Hall–Kier alpha value is -1.68. The molecule has 69 valence electrons. The predicted octanol–water partition coefficient (Wildman–Crippen LogP) is 2.20. The number of anilines is 1. The van der Waals surface area contributed by atoms with Crippen LogP contribution in [0.4, 0.5) is 5.13 Å². The van der Waals surface area contributed by atoms with Crippen LogP contribution in [0.15, 0.2) is 35.7 Å². The van der Waals surface area contributed by atoms with Gasteiger partial charge in [-0.2, -0.15) is 0 Å². The van der Waals surface area contributed by atoms with Gasteiger partial charge in [0.2, 0.25) is 0 Å². The van der Waals surface area contributed by atoms with E-state index >= 15 is 0 Å². The number of carbonyl (C=O) groups is 1. The van der Waals surface area contributed by atoms with Gasteiger partial charge in [0.05, 0.1) is 0 Å². The summed E-state index contributed by atoms with van der Waals surface area (Å²) in [5.74, 6) is -0.144. The van der Waals surface area contributed by atoms with Gasteiger partial charge >= 0.3 is 0 Å². The van der Waals surface area contributed by atoms with Crippen LogP contribution in [0.25, 0.3) is 0 Å². The first-order chi connectivity index (χ1) is 6.86. The van der Waals surface area contributed by atoms with Gasteiger partial charge in [0.25, 0.3) is 5.91 Å². The molecule has 1 aromatic carbocycles. The Morgan fingerprint density at radius 3 is 2.79 bits per heavy atom. The minimum Gasteiger partial charge on any atom is -0.298 e. The Morgan fingerprint density at radius 1 is 1.36 bits per heavy atom. The molecular weight excluding hydrogens is 196 g/mol. The Balaban J connectivity index is 2.11. The third-order valence-corrected chi connectivity index (χ3v) is 2.29. The lowest BCUT2D eigenvalue weighted by atomic mass is 10.2. The molecule has 0 aliphatic rings. The Kier molecular flexibility index (Phi) is 2.55. The molecule has 0 atom stereocenters. The van der Waals surface area contributed by atoms with Gasteiger partial charge in [-0.1, -0.05) is 18.2 Å². The predicted molar refractivity (Wildman–Crippen MR) is 55.3 cm³/mol. The van der Waals surface area contributed by atoms with E-state index in [0.717, 1.165) is 0 Å². The van der Waals surface area contributed by atoms with Crippen LogP contribution in [-0.4, -0.2) is 10.9 Å². The third kappa shape index (κ3) is 1.97. The third-order valence-electron chi connectivity index (χ3n) is 1.65. The molecule has 2 rings (SSSR count). The van der Waals surface area contributed by atoms with Crippen molar-refractivity contribution in [1.29, 1.82) is 0 Å². The number of benzene rings is 1. The number of hydrogen-bond donors (Lipinski definition) is 1. The molecule has 1 amide bonds. The highest BCUT2D eigenvalue weighted by Crippen LogP contribution is 2.11. The van der Waals surface area contributed by atoms with Crippen LogP contribution in [-0.2, 0) is 0 Å². The maximum atomic E-state index is 11.6. The van der Waals surface area contributed by atoms with Crippen molar-refractivity contribution in [3.8, 4) is 0 Å². The molecule has 3 nitrogen and oxygen atoms in total. The molecule has 1 radical (unpaired) electrons. The second kappa shape index (κ2) is 4.02. The van der Waals surface area contributed by atoms with E-state index in [2.05, 4.69) is 16.5 Å². The minimum atomic E-state index is -0.144. The maximum Gasteiger partial charge on any atom is 0.257 e. The van der Waals surface area contributed by atoms with E-state index in [0.29, 0.717) is 10.7 Å². The lowest BCUT2D eigenvalue weighted by molar-refractivity contribution is 0.102. The number of amides is 1. The summed E-state index contributed by atoms with van der Waals surface area (Å²) in [5.41, 5.74) is 0.628. The van der Waals surface area contributed by atoms with E-state index in [9.17, 15) is 4.79 Å². The molecule has 14 heavy (non-hydrogen) atoms. The lowest BCUT2D eigenvalue weighted by Gasteiger charge is -1.99. The summed E-state index contributed by atoms with van der Waals surface area (Å²) in [6, 6.07) is 9.03. The molecule has 0 fully saturated rings. The molecule has 0 aliphatic carbocycles. The van der Waals surface area contributed by atoms with Gasteiger partial charge in [0.15, 0.2) is 5.13 Å². The van der Waals surface area contributed by atoms with Gasteiger partial charge < -0.3 is 0 Å². The maximum absolute atomic E-state index is 11.6. The fourth-order valence-corrected chi connectivity index (χ4v) is 1.48. The fourth-order valence-electron chi connectivity index (χ4n) is 1.01. The van der Waals surface area contributed by atoms with Crippen LogP contribution < -0.4 is 5.32 Å². The van der Waals surface area contributed by atoms with E-state index in [1.807, 2.05) is 18.2 Å². The van der Waals surface area contributed by atoms with Crippen molar-refractivity contribution in [3.05, 3.63) is 47.5 Å². The molecular formula is C10H7N2OS. The van der Waals surface area contributed by atoms with Crippen molar-refractivity contribution < 1.29 is 4.79 Å². The van der Waals surface area contributed by atoms with Crippen molar-refractivity contribution in [2.75, 3.05) is 5.32 Å². The second-order valence-corrected chi connectivity index (χ2v) is 3.46. The summed E-state index contributed by atoms with van der Waals surface area (Å²) in [7, 11) is 0. The summed E-state index contributed by atoms with van der Waals surface area (Å²) in [6.07, 6.45) is 2.64. The van der Waals surface area contributed by atoms with Crippen LogP contribution in [0.2, 0.25) is 0 Å². The summed E-state index contributed by atoms with van der Waals surface area (Å²) < 4.78 is 0. The van der Waals surface area contributed by atoms with Crippen LogP contribution in [0.5, 0.6) is 0 Å².